The van der Waals surface area contributed by atoms with E-state index in [0.29, 0.717) is 17.9 Å². The molecule has 9 nitrogen and oxygen atoms in total. The predicted octanol–water partition coefficient (Wildman–Crippen LogP) is 6.20. The van der Waals surface area contributed by atoms with Crippen LogP contribution < -0.4 is 26.0 Å². The van der Waals surface area contributed by atoms with E-state index in [1.54, 1.807) is 6.07 Å². The Morgan fingerprint density at radius 3 is 2.45 bits per heavy atom. The Balaban J connectivity index is 1.36. The standard InChI is InChI=1S/C27H30F5N7O2S/c28-25(29)41-21-14-17(39-11-6-16(7-12-39)38-9-2-1-3-10-38)4-5-19(21)36-26-34-15-18(27(30,31)32)24(37-26)35-20-8-13-42-22(20)23(33)40/h4-5,8,13-16,25H,1-3,6-7,9-12H2,(H2,33,40)(H2,34,35,36,37). The van der Waals surface area contributed by atoms with Crippen LogP contribution in [0.5, 0.6) is 5.75 Å². The first-order chi connectivity index (χ1) is 20.1. The van der Waals surface area contributed by atoms with Crippen molar-refractivity contribution in [1.29, 1.82) is 0 Å². The first-order valence-electron chi connectivity index (χ1n) is 13.5. The number of aromatic nitrogens is 2. The van der Waals surface area contributed by atoms with Gasteiger partial charge in [0.15, 0.2) is 5.75 Å². The van der Waals surface area contributed by atoms with Crippen molar-refractivity contribution in [1.82, 2.24) is 14.9 Å². The molecule has 0 bridgehead atoms. The number of hydrogen-bond donors (Lipinski definition) is 3. The summed E-state index contributed by atoms with van der Waals surface area (Å²) in [5.41, 5.74) is 4.90. The summed E-state index contributed by atoms with van der Waals surface area (Å²) in [4.78, 5) is 24.0. The third kappa shape index (κ3) is 7.01. The summed E-state index contributed by atoms with van der Waals surface area (Å²) in [5, 5.41) is 6.68. The molecule has 2 aliphatic rings. The summed E-state index contributed by atoms with van der Waals surface area (Å²) >= 11 is 0.954. The first-order valence-corrected chi connectivity index (χ1v) is 14.4. The monoisotopic (exact) mass is 611 g/mol. The van der Waals surface area contributed by atoms with Gasteiger partial charge >= 0.3 is 12.8 Å². The maximum Gasteiger partial charge on any atom is 0.421 e. The van der Waals surface area contributed by atoms with Gasteiger partial charge in [0.1, 0.15) is 16.3 Å². The highest BCUT2D eigenvalue weighted by Crippen LogP contribution is 2.38. The third-order valence-electron chi connectivity index (χ3n) is 7.40. The number of rotatable bonds is 9. The molecule has 2 aromatic heterocycles. The van der Waals surface area contributed by atoms with Crippen LogP contribution in [0, 0.1) is 0 Å². The second-order valence-electron chi connectivity index (χ2n) is 10.1. The molecule has 0 saturated carbocycles. The van der Waals surface area contributed by atoms with E-state index in [4.69, 9.17) is 10.5 Å². The lowest BCUT2D eigenvalue weighted by atomic mass is 9.99. The number of thiophene rings is 1. The second-order valence-corrected chi connectivity index (χ2v) is 11.0. The molecule has 0 aliphatic carbocycles. The number of anilines is 5. The van der Waals surface area contributed by atoms with Crippen molar-refractivity contribution in [3.8, 4) is 5.75 Å². The zero-order chi connectivity index (χ0) is 29.9. The van der Waals surface area contributed by atoms with Gasteiger partial charge in [-0.05, 0) is 62.4 Å². The summed E-state index contributed by atoms with van der Waals surface area (Å²) in [6.07, 6.45) is 1.35. The molecular formula is C27H30F5N7O2S. The van der Waals surface area contributed by atoms with Crippen LogP contribution in [0.2, 0.25) is 0 Å². The summed E-state index contributed by atoms with van der Waals surface area (Å²) in [6.45, 7) is 0.604. The SMILES string of the molecule is NC(=O)c1sccc1Nc1nc(Nc2ccc(N3CCC(N4CCCCC4)CC3)cc2OC(F)F)ncc1C(F)(F)F. The third-order valence-corrected chi connectivity index (χ3v) is 8.33. The molecule has 0 spiro atoms. The number of carbonyl (C=O) groups excluding carboxylic acids is 1. The predicted molar refractivity (Wildman–Crippen MR) is 150 cm³/mol. The quantitative estimate of drug-likeness (QED) is 0.246. The van der Waals surface area contributed by atoms with Gasteiger partial charge in [0.25, 0.3) is 5.91 Å². The molecule has 0 unspecified atom stereocenters. The Hall–Kier alpha value is -3.72. The molecule has 2 fully saturated rings. The minimum atomic E-state index is -4.82. The van der Waals surface area contributed by atoms with Gasteiger partial charge in [-0.25, -0.2) is 4.98 Å². The topological polar surface area (TPSA) is 109 Å². The molecule has 1 amide bonds. The fourth-order valence-corrected chi connectivity index (χ4v) is 6.07. The number of ether oxygens (including phenoxy) is 1. The number of likely N-dealkylation sites (tertiary alicyclic amines) is 1. The van der Waals surface area contributed by atoms with Crippen LogP contribution in [0.3, 0.4) is 0 Å². The van der Waals surface area contributed by atoms with Crippen LogP contribution in [0.25, 0.3) is 0 Å². The molecule has 0 radical (unpaired) electrons. The van der Waals surface area contributed by atoms with Gasteiger partial charge in [0.05, 0.1) is 11.4 Å². The van der Waals surface area contributed by atoms with E-state index in [2.05, 4.69) is 30.4 Å². The molecule has 4 N–H and O–H groups in total. The molecule has 3 aromatic rings. The highest BCUT2D eigenvalue weighted by atomic mass is 32.1. The number of nitrogens with two attached hydrogens (primary N) is 1. The molecule has 5 rings (SSSR count). The largest absolute Gasteiger partial charge is 0.433 e. The van der Waals surface area contributed by atoms with E-state index in [9.17, 15) is 26.7 Å². The lowest BCUT2D eigenvalue weighted by Crippen LogP contribution is -2.46. The maximum absolute atomic E-state index is 13.7. The maximum atomic E-state index is 13.7. The summed E-state index contributed by atoms with van der Waals surface area (Å²) in [5.74, 6) is -1.98. The molecule has 226 valence electrons. The molecule has 15 heteroatoms. The van der Waals surface area contributed by atoms with E-state index in [0.717, 1.165) is 50.4 Å². The van der Waals surface area contributed by atoms with Crippen molar-refractivity contribution in [2.45, 2.75) is 50.9 Å². The number of amides is 1. The minimum absolute atomic E-state index is 0.0133. The molecule has 2 saturated heterocycles. The van der Waals surface area contributed by atoms with Gasteiger partial charge in [0.2, 0.25) is 5.95 Å². The van der Waals surface area contributed by atoms with Gasteiger partial charge in [0, 0.05) is 37.1 Å². The van der Waals surface area contributed by atoms with Crippen molar-refractivity contribution >= 4 is 46.1 Å². The average Bonchev–Trinajstić information content (AvgIpc) is 3.42. The number of primary amides is 1. The van der Waals surface area contributed by atoms with Crippen LogP contribution >= 0.6 is 11.3 Å². The van der Waals surface area contributed by atoms with Crippen molar-refractivity contribution in [3.05, 3.63) is 46.3 Å². The molecule has 2 aliphatic heterocycles. The van der Waals surface area contributed by atoms with Crippen molar-refractivity contribution < 1.29 is 31.5 Å². The summed E-state index contributed by atoms with van der Waals surface area (Å²) in [6, 6.07) is 6.61. The van der Waals surface area contributed by atoms with Gasteiger partial charge in [-0.2, -0.15) is 26.9 Å². The molecule has 42 heavy (non-hydrogen) atoms. The van der Waals surface area contributed by atoms with Gasteiger partial charge in [-0.3, -0.25) is 4.79 Å². The van der Waals surface area contributed by atoms with Crippen LogP contribution in [0.4, 0.5) is 50.8 Å². The van der Waals surface area contributed by atoms with Crippen molar-refractivity contribution in [2.24, 2.45) is 5.73 Å². The summed E-state index contributed by atoms with van der Waals surface area (Å²) in [7, 11) is 0. The number of halogens is 5. The van der Waals surface area contributed by atoms with Crippen LogP contribution in [0.15, 0.2) is 35.8 Å². The number of hydrogen-bond acceptors (Lipinski definition) is 9. The number of benzene rings is 1. The number of carbonyl (C=O) groups is 1. The smallest absolute Gasteiger partial charge is 0.421 e. The van der Waals surface area contributed by atoms with E-state index >= 15 is 0 Å². The Morgan fingerprint density at radius 2 is 1.79 bits per heavy atom. The Kier molecular flexibility index (Phi) is 8.96. The Labute approximate surface area is 242 Å². The van der Waals surface area contributed by atoms with E-state index in [-0.39, 0.29) is 27.9 Å². The average molecular weight is 612 g/mol. The lowest BCUT2D eigenvalue weighted by molar-refractivity contribution is -0.137. The second kappa shape index (κ2) is 12.7. The number of nitrogens with zero attached hydrogens (tertiary/aromatic N) is 4. The highest BCUT2D eigenvalue weighted by molar-refractivity contribution is 7.12. The van der Waals surface area contributed by atoms with Gasteiger partial charge in [-0.15, -0.1) is 11.3 Å². The first kappa shape index (κ1) is 29.8. The van der Waals surface area contributed by atoms with Gasteiger partial charge in [-0.1, -0.05) is 6.42 Å². The Bertz CT molecular complexity index is 1390. The highest BCUT2D eigenvalue weighted by Gasteiger charge is 2.36. The van der Waals surface area contributed by atoms with Crippen molar-refractivity contribution in [2.75, 3.05) is 41.7 Å². The van der Waals surface area contributed by atoms with E-state index in [1.807, 2.05) is 0 Å². The fraction of sp³-hybridized carbons (Fsp3) is 0.444. The minimum Gasteiger partial charge on any atom is -0.433 e. The van der Waals surface area contributed by atoms with Gasteiger partial charge < -0.3 is 30.9 Å². The molecular weight excluding hydrogens is 581 g/mol. The molecule has 4 heterocycles. The Morgan fingerprint density at radius 1 is 1.05 bits per heavy atom. The molecule has 1 aromatic carbocycles. The van der Waals surface area contributed by atoms with Crippen molar-refractivity contribution in [3.63, 3.8) is 0 Å². The van der Waals surface area contributed by atoms with Crippen LogP contribution in [-0.4, -0.2) is 59.6 Å². The zero-order valence-corrected chi connectivity index (χ0v) is 23.3. The number of piperidine rings is 2. The van der Waals surface area contributed by atoms with Crippen LogP contribution in [0.1, 0.15) is 47.3 Å². The lowest BCUT2D eigenvalue weighted by Gasteiger charge is -2.41. The van der Waals surface area contributed by atoms with E-state index in [1.165, 1.54) is 42.8 Å². The fourth-order valence-electron chi connectivity index (χ4n) is 5.37. The van der Waals surface area contributed by atoms with E-state index < -0.39 is 30.1 Å². The van der Waals surface area contributed by atoms with Crippen LogP contribution in [-0.2, 0) is 6.18 Å². The molecule has 0 atom stereocenters. The number of alkyl halides is 5. The summed E-state index contributed by atoms with van der Waals surface area (Å²) < 4.78 is 72.6. The normalized spacial score (nSPS) is 17.0. The zero-order valence-electron chi connectivity index (χ0n) is 22.5. The number of nitrogens with one attached hydrogen (secondary N) is 2.